The van der Waals surface area contributed by atoms with Gasteiger partial charge in [-0.15, -0.1) is 11.8 Å². The molecule has 0 saturated carbocycles. The van der Waals surface area contributed by atoms with Crippen molar-refractivity contribution in [3.8, 4) is 0 Å². The van der Waals surface area contributed by atoms with Crippen LogP contribution in [0.25, 0.3) is 0 Å². The van der Waals surface area contributed by atoms with E-state index < -0.39 is 0 Å². The minimum absolute atomic E-state index is 0.109. The molecular formula is C13H14N2O2S. The lowest BCUT2D eigenvalue weighted by Crippen LogP contribution is -2.53. The van der Waals surface area contributed by atoms with E-state index in [1.165, 1.54) is 15.4 Å². The van der Waals surface area contributed by atoms with Crippen LogP contribution in [0.4, 0.5) is 0 Å². The molecule has 1 aromatic rings. The maximum Gasteiger partial charge on any atom is 0.243 e. The van der Waals surface area contributed by atoms with E-state index in [1.54, 1.807) is 11.8 Å². The van der Waals surface area contributed by atoms with Crippen LogP contribution in [0.3, 0.4) is 0 Å². The highest BCUT2D eigenvalue weighted by Gasteiger charge is 2.31. The third-order valence-electron chi connectivity index (χ3n) is 3.25. The number of benzene rings is 1. The van der Waals surface area contributed by atoms with Gasteiger partial charge in [-0.2, -0.15) is 0 Å². The molecule has 2 amide bonds. The largest absolute Gasteiger partial charge is 0.300 e. The second kappa shape index (κ2) is 4.74. The summed E-state index contributed by atoms with van der Waals surface area (Å²) in [6.07, 6.45) is 0.936. The number of hydrogen-bond acceptors (Lipinski definition) is 4. The molecule has 0 aromatic heterocycles. The van der Waals surface area contributed by atoms with Crippen LogP contribution >= 0.6 is 11.8 Å². The summed E-state index contributed by atoms with van der Waals surface area (Å²) < 4.78 is 0. The summed E-state index contributed by atoms with van der Waals surface area (Å²) in [6, 6.07) is 8.27. The summed E-state index contributed by atoms with van der Waals surface area (Å²) in [4.78, 5) is 26.1. The Labute approximate surface area is 110 Å². The van der Waals surface area contributed by atoms with Gasteiger partial charge in [0.05, 0.1) is 13.1 Å². The highest BCUT2D eigenvalue weighted by molar-refractivity contribution is 8.00. The summed E-state index contributed by atoms with van der Waals surface area (Å²) >= 11 is 1.77. The molecular weight excluding hydrogens is 248 g/mol. The second-order valence-corrected chi connectivity index (χ2v) is 5.90. The van der Waals surface area contributed by atoms with Gasteiger partial charge < -0.3 is 0 Å². The zero-order chi connectivity index (χ0) is 12.5. The third-order valence-corrected chi connectivity index (χ3v) is 4.56. The number of nitrogens with one attached hydrogen (secondary N) is 1. The standard InChI is InChI=1S/C13H14N2O2S/c16-12-6-14-7-13(17)15(12)8-10-5-9-3-1-2-4-11(9)18-10/h1-4,10,14H,5-8H2. The highest BCUT2D eigenvalue weighted by Crippen LogP contribution is 2.37. The van der Waals surface area contributed by atoms with Crippen molar-refractivity contribution >= 4 is 23.6 Å². The molecule has 0 aliphatic carbocycles. The molecule has 1 atom stereocenters. The zero-order valence-corrected chi connectivity index (χ0v) is 10.7. The van der Waals surface area contributed by atoms with E-state index in [0.29, 0.717) is 11.8 Å². The minimum Gasteiger partial charge on any atom is -0.300 e. The number of thioether (sulfide) groups is 1. The van der Waals surface area contributed by atoms with Gasteiger partial charge in [0.15, 0.2) is 0 Å². The molecule has 1 fully saturated rings. The van der Waals surface area contributed by atoms with Crippen molar-refractivity contribution in [2.45, 2.75) is 16.6 Å². The topological polar surface area (TPSA) is 49.4 Å². The van der Waals surface area contributed by atoms with Crippen LogP contribution in [0, 0.1) is 0 Å². The van der Waals surface area contributed by atoms with E-state index in [2.05, 4.69) is 17.4 Å². The lowest BCUT2D eigenvalue weighted by molar-refractivity contribution is -0.146. The number of carbonyl (C=O) groups is 2. The zero-order valence-electron chi connectivity index (χ0n) is 9.89. The molecule has 0 radical (unpaired) electrons. The molecule has 5 heteroatoms. The molecule has 0 bridgehead atoms. The van der Waals surface area contributed by atoms with Gasteiger partial charge in [-0.25, -0.2) is 0 Å². The molecule has 1 unspecified atom stereocenters. The van der Waals surface area contributed by atoms with Crippen LogP contribution in [-0.4, -0.2) is 41.6 Å². The molecule has 2 aliphatic rings. The van der Waals surface area contributed by atoms with Gasteiger partial charge in [0.1, 0.15) is 0 Å². The summed E-state index contributed by atoms with van der Waals surface area (Å²) in [5.74, 6) is -0.217. The van der Waals surface area contributed by atoms with Crippen molar-refractivity contribution in [3.05, 3.63) is 29.8 Å². The van der Waals surface area contributed by atoms with E-state index in [4.69, 9.17) is 0 Å². The molecule has 18 heavy (non-hydrogen) atoms. The van der Waals surface area contributed by atoms with Crippen LogP contribution in [0.2, 0.25) is 0 Å². The Morgan fingerprint density at radius 1 is 1.22 bits per heavy atom. The molecule has 1 N–H and O–H groups in total. The molecule has 3 rings (SSSR count). The first kappa shape index (κ1) is 11.7. The van der Waals surface area contributed by atoms with Crippen molar-refractivity contribution in [2.75, 3.05) is 19.6 Å². The molecule has 0 spiro atoms. The Balaban J connectivity index is 1.68. The van der Waals surface area contributed by atoms with E-state index in [0.717, 1.165) is 6.42 Å². The summed E-state index contributed by atoms with van der Waals surface area (Å²) in [5.41, 5.74) is 1.32. The van der Waals surface area contributed by atoms with E-state index in [1.807, 2.05) is 12.1 Å². The molecule has 4 nitrogen and oxygen atoms in total. The monoisotopic (exact) mass is 262 g/mol. The lowest BCUT2D eigenvalue weighted by atomic mass is 10.1. The summed E-state index contributed by atoms with van der Waals surface area (Å²) in [5, 5.41) is 3.11. The minimum atomic E-state index is -0.109. The average Bonchev–Trinajstić information content (AvgIpc) is 2.76. The molecule has 1 aromatic carbocycles. The smallest absolute Gasteiger partial charge is 0.243 e. The normalized spacial score (nSPS) is 23.3. The third kappa shape index (κ3) is 2.15. The fourth-order valence-electron chi connectivity index (χ4n) is 2.37. The number of nitrogens with zero attached hydrogens (tertiary/aromatic N) is 1. The Bertz CT molecular complexity index is 463. The van der Waals surface area contributed by atoms with Crippen LogP contribution in [-0.2, 0) is 16.0 Å². The van der Waals surface area contributed by atoms with Gasteiger partial charge in [-0.05, 0) is 18.1 Å². The van der Waals surface area contributed by atoms with Crippen molar-refractivity contribution in [1.82, 2.24) is 10.2 Å². The molecule has 2 aliphatic heterocycles. The molecule has 94 valence electrons. The average molecular weight is 262 g/mol. The number of piperazine rings is 1. The van der Waals surface area contributed by atoms with Crippen LogP contribution < -0.4 is 5.32 Å². The van der Waals surface area contributed by atoms with Crippen LogP contribution in [0.5, 0.6) is 0 Å². The Morgan fingerprint density at radius 2 is 1.94 bits per heavy atom. The number of amides is 2. The first-order valence-electron chi connectivity index (χ1n) is 6.02. The van der Waals surface area contributed by atoms with Crippen LogP contribution in [0.15, 0.2) is 29.2 Å². The summed E-state index contributed by atoms with van der Waals surface area (Å²) in [7, 11) is 0. The van der Waals surface area contributed by atoms with Gasteiger partial charge in [-0.3, -0.25) is 19.8 Å². The van der Waals surface area contributed by atoms with Crippen molar-refractivity contribution in [2.24, 2.45) is 0 Å². The SMILES string of the molecule is O=C1CNCC(=O)N1CC1Cc2ccccc2S1. The van der Waals surface area contributed by atoms with Gasteiger partial charge in [0.2, 0.25) is 11.8 Å². The highest BCUT2D eigenvalue weighted by atomic mass is 32.2. The van der Waals surface area contributed by atoms with Gasteiger partial charge in [0, 0.05) is 16.7 Å². The van der Waals surface area contributed by atoms with Crippen molar-refractivity contribution in [3.63, 3.8) is 0 Å². The fraction of sp³-hybridized carbons (Fsp3) is 0.385. The molecule has 1 saturated heterocycles. The molecule has 2 heterocycles. The van der Waals surface area contributed by atoms with Gasteiger partial charge in [-0.1, -0.05) is 18.2 Å². The quantitative estimate of drug-likeness (QED) is 0.796. The maximum atomic E-state index is 11.7. The number of carbonyl (C=O) groups excluding carboxylic acids is 2. The number of hydrogen-bond donors (Lipinski definition) is 1. The first-order chi connectivity index (χ1) is 8.74. The van der Waals surface area contributed by atoms with Gasteiger partial charge >= 0.3 is 0 Å². The van der Waals surface area contributed by atoms with Crippen LogP contribution in [0.1, 0.15) is 5.56 Å². The predicted octanol–water partition coefficient (Wildman–Crippen LogP) is 0.662. The summed E-state index contributed by atoms with van der Waals surface area (Å²) in [6.45, 7) is 1.07. The maximum absolute atomic E-state index is 11.7. The number of fused-ring (bicyclic) bond motifs is 1. The number of imide groups is 1. The first-order valence-corrected chi connectivity index (χ1v) is 6.90. The Hall–Kier alpha value is -1.33. The van der Waals surface area contributed by atoms with Crippen molar-refractivity contribution in [1.29, 1.82) is 0 Å². The Morgan fingerprint density at radius 3 is 2.67 bits per heavy atom. The fourth-order valence-corrected chi connectivity index (χ4v) is 3.67. The van der Waals surface area contributed by atoms with E-state index in [-0.39, 0.29) is 24.9 Å². The van der Waals surface area contributed by atoms with Crippen molar-refractivity contribution < 1.29 is 9.59 Å². The predicted molar refractivity (Wildman–Crippen MR) is 69.4 cm³/mol. The van der Waals surface area contributed by atoms with E-state index in [9.17, 15) is 9.59 Å². The Kier molecular flexibility index (Phi) is 3.09. The number of rotatable bonds is 2. The second-order valence-electron chi connectivity index (χ2n) is 4.55. The van der Waals surface area contributed by atoms with Gasteiger partial charge in [0.25, 0.3) is 0 Å². The lowest BCUT2D eigenvalue weighted by Gasteiger charge is -2.27. The van der Waals surface area contributed by atoms with E-state index >= 15 is 0 Å².